The molecule has 0 atom stereocenters. The number of carbonyl (C=O) groups is 1. The molecular weight excluding hydrogens is 376 g/mol. The molecule has 0 aromatic heterocycles. The first-order chi connectivity index (χ1) is 14.7. The topological polar surface area (TPSA) is 59.8 Å². The normalized spacial score (nSPS) is 17.0. The predicted molar refractivity (Wildman–Crippen MR) is 116 cm³/mol. The van der Waals surface area contributed by atoms with E-state index in [1.165, 1.54) is 0 Å². The van der Waals surface area contributed by atoms with Crippen molar-refractivity contribution < 1.29 is 9.53 Å². The Morgan fingerprint density at radius 2 is 1.40 bits per heavy atom. The predicted octanol–water partition coefficient (Wildman–Crippen LogP) is 3.44. The van der Waals surface area contributed by atoms with Crippen LogP contribution < -0.4 is 4.74 Å². The Bertz CT molecular complexity index is 875. The van der Waals surface area contributed by atoms with E-state index in [2.05, 4.69) is 11.0 Å². The molecule has 2 heterocycles. The number of hydrogen-bond acceptors (Lipinski definition) is 4. The fourth-order valence-electron chi connectivity index (χ4n) is 4.04. The van der Waals surface area contributed by atoms with Gasteiger partial charge in [0.05, 0.1) is 11.6 Å². The van der Waals surface area contributed by atoms with Crippen LogP contribution in [0.25, 0.3) is 11.1 Å². The number of likely N-dealkylation sites (tertiary alicyclic amines) is 1. The first-order valence-electron chi connectivity index (χ1n) is 10.7. The van der Waals surface area contributed by atoms with Crippen LogP contribution in [-0.2, 0) is 0 Å². The highest BCUT2D eigenvalue weighted by atomic mass is 16.5. The molecule has 0 N–H and O–H groups in total. The number of hydrogen-bond donors (Lipinski definition) is 0. The van der Waals surface area contributed by atoms with Crippen molar-refractivity contribution in [1.29, 1.82) is 5.26 Å². The Morgan fingerprint density at radius 1 is 0.833 bits per heavy atom. The molecule has 6 nitrogen and oxygen atoms in total. The summed E-state index contributed by atoms with van der Waals surface area (Å²) >= 11 is 0. The average Bonchev–Trinajstić information content (AvgIpc) is 3.35. The molecular formula is C24H28N4O2. The summed E-state index contributed by atoms with van der Waals surface area (Å²) in [5.41, 5.74) is 2.85. The average molecular weight is 405 g/mol. The molecule has 0 bridgehead atoms. The molecule has 2 aliphatic rings. The highest BCUT2D eigenvalue weighted by Crippen LogP contribution is 2.23. The van der Waals surface area contributed by atoms with E-state index >= 15 is 0 Å². The molecule has 2 aromatic carbocycles. The van der Waals surface area contributed by atoms with Gasteiger partial charge in [0, 0.05) is 45.8 Å². The van der Waals surface area contributed by atoms with Crippen LogP contribution in [0.3, 0.4) is 0 Å². The van der Waals surface area contributed by atoms with E-state index in [0.29, 0.717) is 12.2 Å². The summed E-state index contributed by atoms with van der Waals surface area (Å²) in [7, 11) is 0. The van der Waals surface area contributed by atoms with Crippen LogP contribution in [-0.4, -0.2) is 73.2 Å². The third-order valence-corrected chi connectivity index (χ3v) is 5.90. The summed E-state index contributed by atoms with van der Waals surface area (Å²) in [6.45, 7) is 6.73. The molecule has 6 heteroatoms. The SMILES string of the molecule is N#Cc1ccc(-c2ccc(OCCN3CCN(C(=O)N4CCCC4)CC3)cc2)cc1. The van der Waals surface area contributed by atoms with Gasteiger partial charge >= 0.3 is 6.03 Å². The Morgan fingerprint density at radius 3 is 2.00 bits per heavy atom. The summed E-state index contributed by atoms with van der Waals surface area (Å²) in [6.07, 6.45) is 2.27. The first kappa shape index (κ1) is 20.2. The Labute approximate surface area is 178 Å². The lowest BCUT2D eigenvalue weighted by Gasteiger charge is -2.36. The first-order valence-corrected chi connectivity index (χ1v) is 10.7. The smallest absolute Gasteiger partial charge is 0.320 e. The van der Waals surface area contributed by atoms with Crippen molar-refractivity contribution in [2.24, 2.45) is 0 Å². The number of rotatable bonds is 5. The van der Waals surface area contributed by atoms with Crippen LogP contribution in [0.15, 0.2) is 48.5 Å². The fourth-order valence-corrected chi connectivity index (χ4v) is 4.04. The Hall–Kier alpha value is -3.04. The molecule has 30 heavy (non-hydrogen) atoms. The van der Waals surface area contributed by atoms with Crippen LogP contribution >= 0.6 is 0 Å². The van der Waals surface area contributed by atoms with Gasteiger partial charge < -0.3 is 14.5 Å². The van der Waals surface area contributed by atoms with E-state index in [4.69, 9.17) is 10.00 Å². The number of nitriles is 1. The van der Waals surface area contributed by atoms with Crippen molar-refractivity contribution in [3.63, 3.8) is 0 Å². The van der Waals surface area contributed by atoms with Gasteiger partial charge in [0.2, 0.25) is 0 Å². The van der Waals surface area contributed by atoms with E-state index in [9.17, 15) is 4.79 Å². The zero-order chi connectivity index (χ0) is 20.8. The lowest BCUT2D eigenvalue weighted by atomic mass is 10.0. The molecule has 0 saturated carbocycles. The largest absolute Gasteiger partial charge is 0.492 e. The van der Waals surface area contributed by atoms with Gasteiger partial charge in [-0.15, -0.1) is 0 Å². The van der Waals surface area contributed by atoms with Crippen LogP contribution in [0.2, 0.25) is 0 Å². The van der Waals surface area contributed by atoms with Gasteiger partial charge in [0.15, 0.2) is 0 Å². The van der Waals surface area contributed by atoms with Crippen molar-refractivity contribution in [1.82, 2.24) is 14.7 Å². The third-order valence-electron chi connectivity index (χ3n) is 5.90. The van der Waals surface area contributed by atoms with Crippen molar-refractivity contribution >= 4 is 6.03 Å². The van der Waals surface area contributed by atoms with E-state index in [0.717, 1.165) is 75.5 Å². The minimum absolute atomic E-state index is 0.214. The molecule has 2 aromatic rings. The molecule has 4 rings (SSSR count). The van der Waals surface area contributed by atoms with E-state index in [-0.39, 0.29) is 6.03 Å². The number of amides is 2. The van der Waals surface area contributed by atoms with E-state index in [1.807, 2.05) is 58.3 Å². The number of ether oxygens (including phenoxy) is 1. The maximum Gasteiger partial charge on any atom is 0.320 e. The second-order valence-corrected chi connectivity index (χ2v) is 7.87. The van der Waals surface area contributed by atoms with Crippen molar-refractivity contribution in [3.8, 4) is 22.9 Å². The maximum atomic E-state index is 12.5. The van der Waals surface area contributed by atoms with Crippen LogP contribution in [0.5, 0.6) is 5.75 Å². The number of nitrogens with zero attached hydrogens (tertiary/aromatic N) is 4. The van der Waals surface area contributed by atoms with Gasteiger partial charge in [-0.3, -0.25) is 4.90 Å². The Kier molecular flexibility index (Phi) is 6.50. The fraction of sp³-hybridized carbons (Fsp3) is 0.417. The molecule has 2 fully saturated rings. The van der Waals surface area contributed by atoms with Gasteiger partial charge in [0.1, 0.15) is 12.4 Å². The molecule has 156 valence electrons. The van der Waals surface area contributed by atoms with Gasteiger partial charge in [-0.2, -0.15) is 5.26 Å². The minimum atomic E-state index is 0.214. The zero-order valence-corrected chi connectivity index (χ0v) is 17.3. The summed E-state index contributed by atoms with van der Waals surface area (Å²) in [5, 5.41) is 8.90. The number of piperazine rings is 1. The second kappa shape index (κ2) is 9.64. The summed E-state index contributed by atoms with van der Waals surface area (Å²) in [6, 6.07) is 18.0. The molecule has 0 aliphatic carbocycles. The van der Waals surface area contributed by atoms with Crippen LogP contribution in [0.4, 0.5) is 4.79 Å². The maximum absolute atomic E-state index is 12.5. The molecule has 0 unspecified atom stereocenters. The van der Waals surface area contributed by atoms with Crippen molar-refractivity contribution in [2.75, 3.05) is 52.4 Å². The molecule has 0 radical (unpaired) electrons. The summed E-state index contributed by atoms with van der Waals surface area (Å²) in [4.78, 5) is 18.8. The zero-order valence-electron chi connectivity index (χ0n) is 17.3. The quantitative estimate of drug-likeness (QED) is 0.766. The molecule has 2 aliphatic heterocycles. The van der Waals surface area contributed by atoms with E-state index in [1.54, 1.807) is 0 Å². The second-order valence-electron chi connectivity index (χ2n) is 7.87. The third kappa shape index (κ3) is 4.92. The highest BCUT2D eigenvalue weighted by Gasteiger charge is 2.26. The highest BCUT2D eigenvalue weighted by molar-refractivity contribution is 5.74. The lowest BCUT2D eigenvalue weighted by molar-refractivity contribution is 0.109. The van der Waals surface area contributed by atoms with Crippen molar-refractivity contribution in [2.45, 2.75) is 12.8 Å². The van der Waals surface area contributed by atoms with Gasteiger partial charge in [-0.25, -0.2) is 4.79 Å². The number of benzene rings is 2. The number of carbonyl (C=O) groups excluding carboxylic acids is 1. The van der Waals surface area contributed by atoms with E-state index < -0.39 is 0 Å². The molecule has 2 amide bonds. The standard InChI is InChI=1S/C24H28N4O2/c25-19-20-3-5-21(6-4-20)22-7-9-23(10-8-22)30-18-17-26-13-15-28(16-14-26)24(29)27-11-1-2-12-27/h3-10H,1-2,11-18H2. The monoisotopic (exact) mass is 404 g/mol. The van der Waals surface area contributed by atoms with Gasteiger partial charge in [-0.1, -0.05) is 24.3 Å². The van der Waals surface area contributed by atoms with Crippen LogP contribution in [0, 0.1) is 11.3 Å². The van der Waals surface area contributed by atoms with Gasteiger partial charge in [0.25, 0.3) is 0 Å². The van der Waals surface area contributed by atoms with Crippen LogP contribution in [0.1, 0.15) is 18.4 Å². The van der Waals surface area contributed by atoms with Gasteiger partial charge in [-0.05, 0) is 48.2 Å². The molecule has 0 spiro atoms. The Balaban J connectivity index is 1.19. The lowest BCUT2D eigenvalue weighted by Crippen LogP contribution is -2.52. The molecule has 2 saturated heterocycles. The number of urea groups is 1. The minimum Gasteiger partial charge on any atom is -0.492 e. The van der Waals surface area contributed by atoms with Crippen molar-refractivity contribution in [3.05, 3.63) is 54.1 Å². The summed E-state index contributed by atoms with van der Waals surface area (Å²) in [5.74, 6) is 0.857. The summed E-state index contributed by atoms with van der Waals surface area (Å²) < 4.78 is 5.92.